The van der Waals surface area contributed by atoms with Crippen molar-refractivity contribution >= 4 is 0 Å². The molecule has 0 N–H and O–H groups in total. The summed E-state index contributed by atoms with van der Waals surface area (Å²) in [4.78, 5) is 0. The Morgan fingerprint density at radius 1 is 0.0410 bits per heavy atom. The van der Waals surface area contributed by atoms with Gasteiger partial charge in [0, 0.05) is 0 Å². The first kappa shape index (κ1) is 106. The molecule has 0 heterocycles. The Balaban J connectivity index is 4.13. The van der Waals surface area contributed by atoms with Crippen molar-refractivity contribution < 1.29 is 0 Å². The molecule has 0 saturated carbocycles. The number of rotatable bonds is 59. The van der Waals surface area contributed by atoms with E-state index in [4.69, 9.17) is 0 Å². The van der Waals surface area contributed by atoms with Crippen LogP contribution in [-0.4, -0.2) is 0 Å². The van der Waals surface area contributed by atoms with Crippen molar-refractivity contribution in [1.82, 2.24) is 0 Å². The lowest BCUT2D eigenvalue weighted by atomic mass is 10.3. The van der Waals surface area contributed by atoms with Gasteiger partial charge in [0.2, 0.25) is 0 Å². The summed E-state index contributed by atoms with van der Waals surface area (Å²) in [5.74, 6) is 0. The molecule has 0 spiro atoms. The van der Waals surface area contributed by atoms with E-state index in [9.17, 15) is 0 Å². The van der Waals surface area contributed by atoms with Crippen molar-refractivity contribution in [3.8, 4) is 0 Å². The van der Waals surface area contributed by atoms with Crippen LogP contribution in [0.1, 0.15) is 13.8 Å². The van der Waals surface area contributed by atoms with Gasteiger partial charge in [-0.15, -0.1) is 0 Å². The highest BCUT2D eigenvalue weighted by atomic mass is 13.8. The van der Waals surface area contributed by atoms with E-state index < -0.39 is 0 Å². The van der Waals surface area contributed by atoms with Crippen LogP contribution in [0.2, 0.25) is 0 Å². The molecule has 614 valence electrons. The average Bonchev–Trinajstić information content (AvgIpc) is 1.30. The van der Waals surface area contributed by atoms with Gasteiger partial charge in [-0.05, 0) is 13.8 Å². The topological polar surface area (TPSA) is 0 Å². The highest BCUT2D eigenvalue weighted by Gasteiger charge is 1.76. The van der Waals surface area contributed by atoms with E-state index in [2.05, 4.69) is 0 Å². The van der Waals surface area contributed by atoms with Gasteiger partial charge in [0.15, 0.2) is 0 Å². The number of hydrogen-bond acceptors (Lipinski definition) is 0. The summed E-state index contributed by atoms with van der Waals surface area (Å²) in [6, 6.07) is 0. The molecule has 0 aromatic carbocycles. The summed E-state index contributed by atoms with van der Waals surface area (Å²) in [5, 5.41) is 0. The molecule has 0 aromatic heterocycles. The molecule has 0 rings (SSSR count). The lowest BCUT2D eigenvalue weighted by Gasteiger charge is -1.77. The van der Waals surface area contributed by atoms with Gasteiger partial charge in [0.25, 0.3) is 0 Å². The SMILES string of the molecule is CC=CC=CC=CC=CC=CC=CC=CC=CC=CC=CC=CC=CC=CC=CC=CC=CC=CC=CC=CC=CC=CC=CC=CC=CC=CC=CC=CC=CC=CC=CC=CC=CC=CC=CC=CC=CC=CC=CC=CC=CC=CC=CC=CC=CC=CC=CC=CC=CC=CC=CC=CC=CC=CC=CC=CC=CC=CC=CC=CC=CC. The van der Waals surface area contributed by atoms with Crippen LogP contribution >= 0.6 is 0 Å². The second-order valence-electron chi connectivity index (χ2n) is 23.4. The Labute approximate surface area is 738 Å². The quantitative estimate of drug-likeness (QED) is 0.0533. The van der Waals surface area contributed by atoms with E-state index >= 15 is 0 Å². The molecule has 0 heteroatoms. The molecule has 0 bridgehead atoms. The molecular weight excluding hydrogens is 1470 g/mol. The first-order chi connectivity index (χ1) is 60.9. The fraction of sp³-hybridized carbons (Fsp3) is 0.0164. The van der Waals surface area contributed by atoms with Gasteiger partial charge in [-0.3, -0.25) is 0 Å². The summed E-state index contributed by atoms with van der Waals surface area (Å²) in [6.45, 7) is 4.00. The van der Waals surface area contributed by atoms with Crippen LogP contribution in [0.3, 0.4) is 0 Å². The van der Waals surface area contributed by atoms with E-state index in [-0.39, 0.29) is 0 Å². The van der Waals surface area contributed by atoms with Crippen molar-refractivity contribution in [3.63, 3.8) is 0 Å². The summed E-state index contributed by atoms with van der Waals surface area (Å²) in [6.07, 6.45) is 240. The molecule has 0 nitrogen and oxygen atoms in total. The van der Waals surface area contributed by atoms with Gasteiger partial charge in [0.1, 0.15) is 0 Å². The first-order valence-corrected chi connectivity index (χ1v) is 40.8. The van der Waals surface area contributed by atoms with E-state index in [1.54, 1.807) is 0 Å². The van der Waals surface area contributed by atoms with Crippen LogP contribution < -0.4 is 0 Å². The molecule has 0 atom stereocenters. The lowest BCUT2D eigenvalue weighted by molar-refractivity contribution is 1.73. The zero-order chi connectivity index (χ0) is 86.9. The fourth-order valence-electron chi connectivity index (χ4n) is 7.66. The third kappa shape index (κ3) is 104. The molecule has 0 aliphatic rings. The van der Waals surface area contributed by atoms with Crippen molar-refractivity contribution in [1.29, 1.82) is 0 Å². The van der Waals surface area contributed by atoms with Gasteiger partial charge in [-0.25, -0.2) is 0 Å². The summed E-state index contributed by atoms with van der Waals surface area (Å²) >= 11 is 0. The van der Waals surface area contributed by atoms with Crippen molar-refractivity contribution in [3.05, 3.63) is 729 Å². The highest BCUT2D eigenvalue weighted by Crippen LogP contribution is 1.98. The van der Waals surface area contributed by atoms with Crippen LogP contribution in [-0.2, 0) is 0 Å². The second-order valence-corrected chi connectivity index (χ2v) is 23.4. The fourth-order valence-corrected chi connectivity index (χ4v) is 7.66. The standard InChI is InChI=1S/C122H126/c1-3-5-7-9-11-13-15-17-19-21-23-25-27-29-31-33-35-37-39-41-43-45-47-49-51-53-55-57-59-61-63-65-67-69-71-73-75-77-79-81-83-85-87-89-91-93-95-97-99-101-103-105-107-109-111-113-115-117-119-121-122-120-118-116-114-112-110-108-106-104-102-100-98-96-94-92-90-88-86-84-82-80-78-76-74-72-70-68-66-64-62-60-58-56-54-52-50-48-46-44-42-40-38-36-34-32-30-28-26-24-22-20-18-16-14-12-10-8-6-4-2/h3-122H,1-2H3. The van der Waals surface area contributed by atoms with Crippen LogP contribution in [0.15, 0.2) is 729 Å². The van der Waals surface area contributed by atoms with Crippen molar-refractivity contribution in [2.45, 2.75) is 13.8 Å². The molecule has 0 fully saturated rings. The smallest absolute Gasteiger partial charge is 0.0467 e. The summed E-state index contributed by atoms with van der Waals surface area (Å²) in [7, 11) is 0. The first-order valence-electron chi connectivity index (χ1n) is 40.8. The minimum atomic E-state index is 2.00. The molecule has 0 aliphatic carbocycles. The molecule has 0 aliphatic heterocycles. The average molecular weight is 1590 g/mol. The Morgan fingerprint density at radius 3 is 0.0902 bits per heavy atom. The molecule has 0 unspecified atom stereocenters. The Bertz CT molecular complexity index is 4210. The zero-order valence-corrected chi connectivity index (χ0v) is 71.3. The summed E-state index contributed by atoms with van der Waals surface area (Å²) in [5.41, 5.74) is 0. The third-order valence-corrected chi connectivity index (χ3v) is 13.4. The lowest BCUT2D eigenvalue weighted by Crippen LogP contribution is -1.55. The van der Waals surface area contributed by atoms with Gasteiger partial charge in [-0.2, -0.15) is 0 Å². The van der Waals surface area contributed by atoms with E-state index in [0.29, 0.717) is 0 Å². The van der Waals surface area contributed by atoms with E-state index in [1.165, 1.54) is 0 Å². The Morgan fingerprint density at radius 2 is 0.0656 bits per heavy atom. The molecule has 0 amide bonds. The normalized spacial score (nSPS) is 15.8. The third-order valence-electron chi connectivity index (χ3n) is 13.4. The van der Waals surface area contributed by atoms with E-state index in [1.807, 2.05) is 743 Å². The minimum absolute atomic E-state index is 2.00. The van der Waals surface area contributed by atoms with Gasteiger partial charge in [-0.1, -0.05) is 729 Å². The van der Waals surface area contributed by atoms with Crippen LogP contribution in [0.25, 0.3) is 0 Å². The van der Waals surface area contributed by atoms with Crippen LogP contribution in [0, 0.1) is 0 Å². The summed E-state index contributed by atoms with van der Waals surface area (Å²) < 4.78 is 0. The highest BCUT2D eigenvalue weighted by molar-refractivity contribution is 5.33. The molecule has 122 heavy (non-hydrogen) atoms. The predicted octanol–water partition coefficient (Wildman–Crippen LogP) is 34.4. The van der Waals surface area contributed by atoms with Gasteiger partial charge >= 0.3 is 0 Å². The van der Waals surface area contributed by atoms with Crippen molar-refractivity contribution in [2.24, 2.45) is 0 Å². The number of allylic oxidation sites excluding steroid dienone is 120. The largest absolute Gasteiger partial charge is 0.0877 e. The second kappa shape index (κ2) is 105. The molecule has 0 aromatic rings. The van der Waals surface area contributed by atoms with Gasteiger partial charge in [0.05, 0.1) is 0 Å². The molecule has 0 saturated heterocycles. The number of hydrogen-bond donors (Lipinski definition) is 0. The maximum Gasteiger partial charge on any atom is -0.0467 e. The molecular formula is C122H126. The maximum atomic E-state index is 2.00. The molecule has 0 radical (unpaired) electrons. The monoisotopic (exact) mass is 1590 g/mol. The van der Waals surface area contributed by atoms with Crippen molar-refractivity contribution in [2.75, 3.05) is 0 Å². The minimum Gasteiger partial charge on any atom is -0.0877 e. The van der Waals surface area contributed by atoms with Crippen LogP contribution in [0.4, 0.5) is 0 Å². The van der Waals surface area contributed by atoms with Gasteiger partial charge < -0.3 is 0 Å². The maximum absolute atomic E-state index is 2.00. The Hall–Kier alpha value is -15.6. The predicted molar refractivity (Wildman–Crippen MR) is 560 cm³/mol. The zero-order valence-electron chi connectivity index (χ0n) is 71.3. The van der Waals surface area contributed by atoms with Crippen LogP contribution in [0.5, 0.6) is 0 Å². The van der Waals surface area contributed by atoms with E-state index in [0.717, 1.165) is 0 Å². The Kier molecular flexibility index (Phi) is 91.9.